The van der Waals surface area contributed by atoms with Crippen LogP contribution in [0.5, 0.6) is 0 Å². The third-order valence-corrected chi connectivity index (χ3v) is 19.0. The van der Waals surface area contributed by atoms with Gasteiger partial charge in [0.15, 0.2) is 0 Å². The average molecular weight is 1470 g/mol. The van der Waals surface area contributed by atoms with Crippen molar-refractivity contribution in [2.45, 2.75) is 92.5 Å². The number of fused-ring (bicyclic) bond motifs is 4. The Balaban J connectivity index is 0.000000146. The molecule has 0 bridgehead atoms. The fourth-order valence-corrected chi connectivity index (χ4v) is 13.2. The summed E-state index contributed by atoms with van der Waals surface area (Å²) in [4.78, 5) is 82.0. The van der Waals surface area contributed by atoms with Gasteiger partial charge in [0.1, 0.15) is 40.5 Å². The maximum Gasteiger partial charge on any atom is 0.410 e. The zero-order chi connectivity index (χ0) is 76.4. The van der Waals surface area contributed by atoms with E-state index >= 15 is 0 Å². The molecular formula is C81H101F4N15O7. The Hall–Kier alpha value is -10.0. The standard InChI is InChI=1S/C23H25FN4O.2C18H22FN3O2.C13H14FN3.C9H18N2O2/c1-16-3-6-19(7-4-16)26-23(29)17(2)27-11-13-28(14-12-27)22-9-10-25-21-8-5-18(24)15-20(21)22;1-18(2,3)24-17(23)22-10-8-21(9-11-22)16-6-7-20-15-5-4-13(19)12-14(15)16;1-3-24-18(23)13(2)21-8-10-22(11-9-21)17-6-7-20-16-5-4-14(19)12-15(16)17;14-10-1-2-12-11(9-10)13(3-4-16-12)17-7-5-15-6-8-17;1-9(2,3)13-8(12)11-6-4-10-5-7-11/h3-10,15,17H,11-14H2,1-2H3,(H,26,29);4-7,12H,8-11H2,1-3H3;4-7,12-13H,3,8-11H2,1-2H3;1-4,9,15H,5-8H2;10H,4-7H2,1-3H3. The van der Waals surface area contributed by atoms with Crippen molar-refractivity contribution in [1.82, 2.24) is 50.2 Å². The molecule has 5 aliphatic rings. The second kappa shape index (κ2) is 37.0. The number of anilines is 5. The van der Waals surface area contributed by atoms with E-state index in [2.05, 4.69) is 65.3 Å². The number of esters is 1. The molecule has 26 heteroatoms. The molecule has 0 radical (unpaired) electrons. The molecule has 5 saturated heterocycles. The first-order chi connectivity index (χ1) is 51.3. The molecule has 5 aliphatic heterocycles. The molecule has 2 atom stereocenters. The van der Waals surface area contributed by atoms with Gasteiger partial charge < -0.3 is 59.6 Å². The fourth-order valence-electron chi connectivity index (χ4n) is 13.2. The fraction of sp³-hybridized carbons (Fsp3) is 0.432. The lowest BCUT2D eigenvalue weighted by Crippen LogP contribution is -2.52. The molecule has 14 rings (SSSR count). The lowest BCUT2D eigenvalue weighted by molar-refractivity contribution is -0.149. The number of hydrogen-bond acceptors (Lipinski definition) is 19. The minimum atomic E-state index is -0.493. The predicted octanol–water partition coefficient (Wildman–Crippen LogP) is 12.3. The Morgan fingerprint density at radius 1 is 0.430 bits per heavy atom. The van der Waals surface area contributed by atoms with Crippen LogP contribution in [-0.2, 0) is 23.8 Å². The summed E-state index contributed by atoms with van der Waals surface area (Å²) in [5.41, 5.74) is 8.30. The van der Waals surface area contributed by atoms with Gasteiger partial charge in [0.2, 0.25) is 5.91 Å². The number of halogens is 4. The highest BCUT2D eigenvalue weighted by Crippen LogP contribution is 2.32. The topological polar surface area (TPSA) is 210 Å². The molecule has 0 saturated carbocycles. The van der Waals surface area contributed by atoms with Gasteiger partial charge in [0.05, 0.1) is 34.7 Å². The molecular weight excluding hydrogens is 1370 g/mol. The van der Waals surface area contributed by atoms with Gasteiger partial charge in [-0.3, -0.25) is 39.3 Å². The summed E-state index contributed by atoms with van der Waals surface area (Å²) in [5, 5.41) is 12.8. The van der Waals surface area contributed by atoms with Gasteiger partial charge in [-0.2, -0.15) is 0 Å². The van der Waals surface area contributed by atoms with Crippen LogP contribution in [0.15, 0.2) is 146 Å². The lowest BCUT2D eigenvalue weighted by Gasteiger charge is -2.38. The van der Waals surface area contributed by atoms with Crippen molar-refractivity contribution >= 4 is 96.1 Å². The molecule has 3 amide bonds. The van der Waals surface area contributed by atoms with Crippen LogP contribution < -0.4 is 35.6 Å². The number of carbonyl (C=O) groups is 4. The van der Waals surface area contributed by atoms with Gasteiger partial charge in [-0.1, -0.05) is 17.7 Å². The van der Waals surface area contributed by atoms with Crippen LogP contribution in [-0.4, -0.2) is 224 Å². The number of rotatable bonds is 10. The van der Waals surface area contributed by atoms with E-state index in [1.807, 2.05) is 118 Å². The Bertz CT molecular complexity index is 4460. The number of ether oxygens (including phenoxy) is 3. The van der Waals surface area contributed by atoms with E-state index in [9.17, 15) is 36.7 Å². The first-order valence-electron chi connectivity index (χ1n) is 36.8. The lowest BCUT2D eigenvalue weighted by atomic mass is 10.1. The summed E-state index contributed by atoms with van der Waals surface area (Å²) in [6.07, 6.45) is 6.55. The van der Waals surface area contributed by atoms with Crippen molar-refractivity contribution in [3.8, 4) is 0 Å². The Labute approximate surface area is 624 Å². The van der Waals surface area contributed by atoms with Gasteiger partial charge in [0.25, 0.3) is 0 Å². The number of piperazine rings is 5. The Morgan fingerprint density at radius 2 is 0.748 bits per heavy atom. The van der Waals surface area contributed by atoms with Gasteiger partial charge in [-0.25, -0.2) is 27.2 Å². The predicted molar refractivity (Wildman–Crippen MR) is 416 cm³/mol. The number of nitrogens with one attached hydrogen (secondary N) is 3. The summed E-state index contributed by atoms with van der Waals surface area (Å²) >= 11 is 0. The van der Waals surface area contributed by atoms with Crippen LogP contribution in [0, 0.1) is 30.2 Å². The molecule has 107 heavy (non-hydrogen) atoms. The normalized spacial score (nSPS) is 16.5. The van der Waals surface area contributed by atoms with Crippen LogP contribution >= 0.6 is 0 Å². The van der Waals surface area contributed by atoms with Gasteiger partial charge in [0, 0.05) is 206 Å². The second-order valence-electron chi connectivity index (χ2n) is 28.9. The van der Waals surface area contributed by atoms with E-state index in [0.717, 1.165) is 182 Å². The van der Waals surface area contributed by atoms with Gasteiger partial charge in [-0.05, 0) is 178 Å². The highest BCUT2D eigenvalue weighted by molar-refractivity contribution is 5.96. The number of aryl methyl sites for hydroxylation is 1. The number of amides is 3. The van der Waals surface area contributed by atoms with Crippen LogP contribution in [0.25, 0.3) is 43.6 Å². The number of hydrogen-bond donors (Lipinski definition) is 3. The summed E-state index contributed by atoms with van der Waals surface area (Å²) in [6, 6.07) is 33.8. The first-order valence-corrected chi connectivity index (χ1v) is 36.8. The van der Waals surface area contributed by atoms with Gasteiger partial charge in [-0.15, -0.1) is 0 Å². The van der Waals surface area contributed by atoms with Crippen molar-refractivity contribution < 1.29 is 51.0 Å². The minimum absolute atomic E-state index is 0.00117. The SMILES string of the molecule is CC(C)(C)OC(=O)N1CCN(c2ccnc3ccc(F)cc23)CC1.CC(C)(C)OC(=O)N1CCNCC1.CCOC(=O)C(C)N1CCN(c2ccnc3ccc(F)cc23)CC1.Cc1ccc(NC(=O)C(C)N2CCN(c3ccnc4ccc(F)cc34)CC2)cc1.Fc1ccc2nccc(N3CCNCC3)c2c1. The molecule has 0 spiro atoms. The van der Waals surface area contributed by atoms with Crippen LogP contribution in [0.3, 0.4) is 0 Å². The molecule has 0 aliphatic carbocycles. The summed E-state index contributed by atoms with van der Waals surface area (Å²) in [5.74, 6) is -1.18. The maximum atomic E-state index is 13.7. The number of nitrogens with zero attached hydrogens (tertiary/aromatic N) is 12. The molecule has 5 fully saturated rings. The monoisotopic (exact) mass is 1470 g/mol. The maximum absolute atomic E-state index is 13.7. The highest BCUT2D eigenvalue weighted by atomic mass is 19.1. The Kier molecular flexibility index (Phi) is 27.5. The van der Waals surface area contributed by atoms with Crippen molar-refractivity contribution in [2.75, 3.05) is 162 Å². The smallest absolute Gasteiger partial charge is 0.410 e. The van der Waals surface area contributed by atoms with Crippen molar-refractivity contribution in [1.29, 1.82) is 0 Å². The molecule has 3 N–H and O–H groups in total. The van der Waals surface area contributed by atoms with E-state index in [1.165, 1.54) is 36.4 Å². The number of aromatic nitrogens is 4. The molecule has 9 heterocycles. The van der Waals surface area contributed by atoms with E-state index in [0.29, 0.717) is 32.8 Å². The summed E-state index contributed by atoms with van der Waals surface area (Å²) in [7, 11) is 0. The molecule has 9 aromatic rings. The van der Waals surface area contributed by atoms with Crippen molar-refractivity contribution in [3.63, 3.8) is 0 Å². The van der Waals surface area contributed by atoms with E-state index in [-0.39, 0.29) is 65.0 Å². The molecule has 570 valence electrons. The third kappa shape index (κ3) is 22.3. The largest absolute Gasteiger partial charge is 0.465 e. The number of carbonyl (C=O) groups excluding carboxylic acids is 4. The quantitative estimate of drug-likeness (QED) is 0.0660. The Morgan fingerprint density at radius 3 is 1.09 bits per heavy atom. The van der Waals surface area contributed by atoms with Crippen LogP contribution in [0.1, 0.15) is 67.9 Å². The molecule has 22 nitrogen and oxygen atoms in total. The minimum Gasteiger partial charge on any atom is -0.465 e. The van der Waals surface area contributed by atoms with Crippen LogP contribution in [0.2, 0.25) is 0 Å². The number of pyridine rings is 4. The summed E-state index contributed by atoms with van der Waals surface area (Å²) in [6.45, 7) is 35.0. The van der Waals surface area contributed by atoms with Gasteiger partial charge >= 0.3 is 18.2 Å². The first kappa shape index (κ1) is 79.5. The molecule has 2 unspecified atom stereocenters. The molecule has 4 aromatic heterocycles. The van der Waals surface area contributed by atoms with Crippen molar-refractivity contribution in [3.05, 3.63) is 175 Å². The number of benzene rings is 5. The zero-order valence-electron chi connectivity index (χ0n) is 63.1. The van der Waals surface area contributed by atoms with E-state index in [4.69, 9.17) is 14.2 Å². The second-order valence-corrected chi connectivity index (χ2v) is 28.9. The van der Waals surface area contributed by atoms with E-state index in [1.54, 1.807) is 71.0 Å². The summed E-state index contributed by atoms with van der Waals surface area (Å²) < 4.78 is 70.0. The van der Waals surface area contributed by atoms with Crippen LogP contribution in [0.4, 0.5) is 55.6 Å². The van der Waals surface area contributed by atoms with Crippen molar-refractivity contribution in [2.24, 2.45) is 0 Å². The zero-order valence-corrected chi connectivity index (χ0v) is 63.1. The highest BCUT2D eigenvalue weighted by Gasteiger charge is 2.31. The molecule has 5 aromatic carbocycles. The van der Waals surface area contributed by atoms with E-state index < -0.39 is 5.60 Å². The third-order valence-electron chi connectivity index (χ3n) is 19.0. The average Bonchev–Trinajstić information content (AvgIpc) is 0.811.